The van der Waals surface area contributed by atoms with Crippen LogP contribution >= 0.6 is 23.2 Å². The van der Waals surface area contributed by atoms with Gasteiger partial charge >= 0.3 is 0 Å². The third kappa shape index (κ3) is 3.45. The van der Waals surface area contributed by atoms with Crippen molar-refractivity contribution in [2.45, 2.75) is 26.4 Å². The van der Waals surface area contributed by atoms with Crippen LogP contribution in [0, 0.1) is 5.41 Å². The number of hydrogen-bond donors (Lipinski definition) is 0. The molecule has 1 spiro atoms. The first-order valence-electron chi connectivity index (χ1n) is 11.2. The molecule has 1 amide bonds. The first kappa shape index (κ1) is 20.8. The summed E-state index contributed by atoms with van der Waals surface area (Å²) in [6, 6.07) is 13.9. The van der Waals surface area contributed by atoms with Crippen molar-refractivity contribution in [1.82, 2.24) is 19.7 Å². The highest BCUT2D eigenvalue weighted by Gasteiger charge is 2.53. The lowest BCUT2D eigenvalue weighted by molar-refractivity contribution is -0.132. The Morgan fingerprint density at radius 3 is 2.48 bits per heavy atom. The Morgan fingerprint density at radius 1 is 0.970 bits per heavy atom. The van der Waals surface area contributed by atoms with Crippen LogP contribution in [0.2, 0.25) is 10.0 Å². The third-order valence-corrected chi connectivity index (χ3v) is 7.38. The standard InChI is InChI=1S/C24H24Cl2N6O/c1-2-22(33)29-10-16-8-18(26)6-7-20(16)32-21(11-29)27-28-23(32)31-14-24(15-31)12-30(13-24)19-5-3-4-17(25)9-19/h3-9H,2,10-15H2,1H3. The molecule has 9 heteroatoms. The summed E-state index contributed by atoms with van der Waals surface area (Å²) in [6.07, 6.45) is 0.453. The van der Waals surface area contributed by atoms with Crippen LogP contribution in [0.3, 0.4) is 0 Å². The Hall–Kier alpha value is -2.77. The second-order valence-corrected chi connectivity index (χ2v) is 10.2. The predicted octanol–water partition coefficient (Wildman–Crippen LogP) is 4.15. The van der Waals surface area contributed by atoms with E-state index in [-0.39, 0.29) is 11.3 Å². The number of benzene rings is 2. The Labute approximate surface area is 202 Å². The van der Waals surface area contributed by atoms with Crippen molar-refractivity contribution < 1.29 is 4.79 Å². The maximum Gasteiger partial charge on any atom is 0.232 e. The lowest BCUT2D eigenvalue weighted by Gasteiger charge is -2.61. The van der Waals surface area contributed by atoms with Gasteiger partial charge in [0, 0.05) is 60.3 Å². The average Bonchev–Trinajstić information content (AvgIpc) is 3.06. The maximum atomic E-state index is 12.5. The summed E-state index contributed by atoms with van der Waals surface area (Å²) in [5.41, 5.74) is 3.45. The highest BCUT2D eigenvalue weighted by atomic mass is 35.5. The number of amides is 1. The minimum atomic E-state index is 0.0948. The Bertz CT molecular complexity index is 1240. The molecule has 4 heterocycles. The Kier molecular flexibility index (Phi) is 4.82. The number of halogens is 2. The third-order valence-electron chi connectivity index (χ3n) is 6.91. The number of anilines is 2. The van der Waals surface area contributed by atoms with E-state index in [4.69, 9.17) is 23.2 Å². The first-order chi connectivity index (χ1) is 15.9. The molecule has 2 fully saturated rings. The molecule has 0 aliphatic carbocycles. The van der Waals surface area contributed by atoms with Crippen molar-refractivity contribution in [3.8, 4) is 5.69 Å². The zero-order valence-electron chi connectivity index (χ0n) is 18.3. The van der Waals surface area contributed by atoms with Gasteiger partial charge in [-0.25, -0.2) is 0 Å². The summed E-state index contributed by atoms with van der Waals surface area (Å²) >= 11 is 12.5. The van der Waals surface area contributed by atoms with Crippen LogP contribution < -0.4 is 9.80 Å². The van der Waals surface area contributed by atoms with Gasteiger partial charge in [0.2, 0.25) is 11.9 Å². The molecule has 2 aromatic carbocycles. The maximum absolute atomic E-state index is 12.5. The number of aromatic nitrogens is 3. The van der Waals surface area contributed by atoms with E-state index in [0.717, 1.165) is 54.2 Å². The van der Waals surface area contributed by atoms with E-state index in [1.165, 1.54) is 5.69 Å². The van der Waals surface area contributed by atoms with Crippen LogP contribution in [-0.4, -0.2) is 51.8 Å². The average molecular weight is 483 g/mol. The van der Waals surface area contributed by atoms with Crippen molar-refractivity contribution in [3.63, 3.8) is 0 Å². The molecule has 3 aromatic rings. The highest BCUT2D eigenvalue weighted by Crippen LogP contribution is 2.44. The molecule has 0 radical (unpaired) electrons. The minimum absolute atomic E-state index is 0.0948. The van der Waals surface area contributed by atoms with Crippen LogP contribution in [0.25, 0.3) is 5.69 Å². The van der Waals surface area contributed by atoms with E-state index < -0.39 is 0 Å². The van der Waals surface area contributed by atoms with Gasteiger partial charge in [-0.1, -0.05) is 36.2 Å². The Morgan fingerprint density at radius 2 is 1.73 bits per heavy atom. The number of nitrogens with zero attached hydrogens (tertiary/aromatic N) is 6. The molecule has 2 saturated heterocycles. The molecule has 0 atom stereocenters. The van der Waals surface area contributed by atoms with E-state index in [0.29, 0.717) is 24.5 Å². The summed E-state index contributed by atoms with van der Waals surface area (Å²) in [5, 5.41) is 10.5. The fourth-order valence-corrected chi connectivity index (χ4v) is 5.70. The molecule has 0 saturated carbocycles. The van der Waals surface area contributed by atoms with Crippen molar-refractivity contribution >= 4 is 40.7 Å². The van der Waals surface area contributed by atoms with Crippen LogP contribution in [0.15, 0.2) is 42.5 Å². The lowest BCUT2D eigenvalue weighted by atomic mass is 9.72. The second kappa shape index (κ2) is 7.64. The van der Waals surface area contributed by atoms with Gasteiger partial charge in [0.25, 0.3) is 0 Å². The van der Waals surface area contributed by atoms with Crippen molar-refractivity contribution in [1.29, 1.82) is 0 Å². The SMILES string of the molecule is CCC(=O)N1Cc2cc(Cl)ccc2-n2c(nnc2N2CC3(CN(c4cccc(Cl)c4)C3)C2)C1. The van der Waals surface area contributed by atoms with E-state index in [1.807, 2.05) is 48.2 Å². The monoisotopic (exact) mass is 482 g/mol. The fraction of sp³-hybridized carbons (Fsp3) is 0.375. The molecular weight excluding hydrogens is 459 g/mol. The zero-order chi connectivity index (χ0) is 22.7. The normalized spacial score (nSPS) is 18.3. The van der Waals surface area contributed by atoms with Crippen LogP contribution in [0.5, 0.6) is 0 Å². The number of hydrogen-bond acceptors (Lipinski definition) is 5. The highest BCUT2D eigenvalue weighted by molar-refractivity contribution is 6.31. The van der Waals surface area contributed by atoms with E-state index in [9.17, 15) is 4.79 Å². The molecule has 0 bridgehead atoms. The van der Waals surface area contributed by atoms with Gasteiger partial charge in [0.05, 0.1) is 12.2 Å². The van der Waals surface area contributed by atoms with Crippen molar-refractivity contribution in [3.05, 3.63) is 63.9 Å². The van der Waals surface area contributed by atoms with Crippen LogP contribution in [-0.2, 0) is 17.9 Å². The number of rotatable bonds is 3. The molecule has 1 aromatic heterocycles. The van der Waals surface area contributed by atoms with Gasteiger partial charge in [-0.3, -0.25) is 9.36 Å². The predicted molar refractivity (Wildman–Crippen MR) is 129 cm³/mol. The van der Waals surface area contributed by atoms with Crippen molar-refractivity contribution in [2.75, 3.05) is 36.0 Å². The molecule has 3 aliphatic rings. The molecular formula is C24H24Cl2N6O. The quantitative estimate of drug-likeness (QED) is 0.560. The fourth-order valence-electron chi connectivity index (χ4n) is 5.32. The largest absolute Gasteiger partial charge is 0.370 e. The summed E-state index contributed by atoms with van der Waals surface area (Å²) in [4.78, 5) is 19.0. The van der Waals surface area contributed by atoms with Gasteiger partial charge < -0.3 is 14.7 Å². The van der Waals surface area contributed by atoms with Crippen molar-refractivity contribution in [2.24, 2.45) is 5.41 Å². The zero-order valence-corrected chi connectivity index (χ0v) is 19.9. The van der Waals surface area contributed by atoms with E-state index in [2.05, 4.69) is 30.6 Å². The second-order valence-electron chi connectivity index (χ2n) is 9.32. The van der Waals surface area contributed by atoms with E-state index in [1.54, 1.807) is 0 Å². The van der Waals surface area contributed by atoms with Gasteiger partial charge in [-0.15, -0.1) is 10.2 Å². The molecule has 3 aliphatic heterocycles. The molecule has 0 unspecified atom stereocenters. The number of carbonyl (C=O) groups excluding carboxylic acids is 1. The van der Waals surface area contributed by atoms with Gasteiger partial charge in [0.1, 0.15) is 0 Å². The number of fused-ring (bicyclic) bond motifs is 3. The van der Waals surface area contributed by atoms with Gasteiger partial charge in [-0.05, 0) is 42.0 Å². The summed E-state index contributed by atoms with van der Waals surface area (Å²) < 4.78 is 2.11. The lowest BCUT2D eigenvalue weighted by Crippen LogP contribution is -2.72. The number of carbonyl (C=O) groups is 1. The summed E-state index contributed by atoms with van der Waals surface area (Å²) in [7, 11) is 0. The molecule has 0 N–H and O–H groups in total. The van der Waals surface area contributed by atoms with Gasteiger partial charge in [0.15, 0.2) is 5.82 Å². The van der Waals surface area contributed by atoms with Crippen LogP contribution in [0.1, 0.15) is 24.7 Å². The topological polar surface area (TPSA) is 57.5 Å². The smallest absolute Gasteiger partial charge is 0.232 e. The first-order valence-corrected chi connectivity index (χ1v) is 12.0. The molecule has 7 nitrogen and oxygen atoms in total. The minimum Gasteiger partial charge on any atom is -0.370 e. The molecule has 170 valence electrons. The summed E-state index contributed by atoms with van der Waals surface area (Å²) in [5.74, 6) is 1.71. The molecule has 33 heavy (non-hydrogen) atoms. The van der Waals surface area contributed by atoms with Gasteiger partial charge in [-0.2, -0.15) is 0 Å². The van der Waals surface area contributed by atoms with Crippen LogP contribution in [0.4, 0.5) is 11.6 Å². The Balaban J connectivity index is 1.25. The summed E-state index contributed by atoms with van der Waals surface area (Å²) in [6.45, 7) is 6.72. The van der Waals surface area contributed by atoms with E-state index >= 15 is 0 Å². The molecule has 6 rings (SSSR count).